The number of anilines is 2. The van der Waals surface area contributed by atoms with Crippen molar-refractivity contribution in [3.63, 3.8) is 0 Å². The van der Waals surface area contributed by atoms with E-state index in [0.717, 1.165) is 0 Å². The maximum atomic E-state index is 11.9. The smallest absolute Gasteiger partial charge is 0.308 e. The van der Waals surface area contributed by atoms with Gasteiger partial charge in [-0.25, -0.2) is 4.79 Å². The molecule has 1 heterocycles. The normalized spacial score (nSPS) is 10.4. The van der Waals surface area contributed by atoms with Gasteiger partial charge in [-0.05, 0) is 30.3 Å². The minimum absolute atomic E-state index is 0.372. The molecule has 7 heteroatoms. The lowest BCUT2D eigenvalue weighted by Gasteiger charge is -2.07. The van der Waals surface area contributed by atoms with E-state index in [1.54, 1.807) is 42.5 Å². The Morgan fingerprint density at radius 3 is 2.80 bits per heavy atom. The number of halogens is 1. The summed E-state index contributed by atoms with van der Waals surface area (Å²) in [5.74, 6) is 0. The van der Waals surface area contributed by atoms with E-state index in [4.69, 9.17) is 11.6 Å². The zero-order valence-corrected chi connectivity index (χ0v) is 11.0. The summed E-state index contributed by atoms with van der Waals surface area (Å²) >= 11 is 5.86. The third-order valence-corrected chi connectivity index (χ3v) is 2.91. The predicted octanol–water partition coefficient (Wildman–Crippen LogP) is 3.26. The van der Waals surface area contributed by atoms with Crippen molar-refractivity contribution in [3.8, 4) is 0 Å². The molecule has 0 bridgehead atoms. The summed E-state index contributed by atoms with van der Waals surface area (Å²) in [4.78, 5) is 11.9. The SMILES string of the molecule is O=C(Nc1cccc(Cl)c1)Nc1cccc2n[nH]nc12. The average molecular weight is 288 g/mol. The molecule has 0 radical (unpaired) electrons. The minimum atomic E-state index is -0.372. The number of H-pyrrole nitrogens is 1. The molecule has 3 N–H and O–H groups in total. The van der Waals surface area contributed by atoms with Crippen LogP contribution >= 0.6 is 11.6 Å². The molecule has 2 aromatic carbocycles. The van der Waals surface area contributed by atoms with E-state index in [9.17, 15) is 4.79 Å². The zero-order chi connectivity index (χ0) is 13.9. The number of nitrogens with zero attached hydrogens (tertiary/aromatic N) is 2. The van der Waals surface area contributed by atoms with Crippen LogP contribution < -0.4 is 10.6 Å². The zero-order valence-electron chi connectivity index (χ0n) is 10.2. The number of hydrogen-bond donors (Lipinski definition) is 3. The number of nitrogens with one attached hydrogen (secondary N) is 3. The third kappa shape index (κ3) is 2.55. The fourth-order valence-electron chi connectivity index (χ4n) is 1.82. The number of para-hydroxylation sites is 1. The first-order valence-electron chi connectivity index (χ1n) is 5.85. The first-order chi connectivity index (χ1) is 9.72. The van der Waals surface area contributed by atoms with Gasteiger partial charge in [-0.3, -0.25) is 0 Å². The van der Waals surface area contributed by atoms with Crippen LogP contribution in [0.4, 0.5) is 16.2 Å². The van der Waals surface area contributed by atoms with Gasteiger partial charge in [0.15, 0.2) is 0 Å². The van der Waals surface area contributed by atoms with Crippen molar-refractivity contribution in [2.45, 2.75) is 0 Å². The highest BCUT2D eigenvalue weighted by atomic mass is 35.5. The number of urea groups is 1. The first kappa shape index (κ1) is 12.4. The van der Waals surface area contributed by atoms with Gasteiger partial charge in [0, 0.05) is 10.7 Å². The molecule has 0 aliphatic carbocycles. The molecule has 0 unspecified atom stereocenters. The summed E-state index contributed by atoms with van der Waals surface area (Å²) in [6.07, 6.45) is 0. The summed E-state index contributed by atoms with van der Waals surface area (Å²) < 4.78 is 0. The molecule has 0 spiro atoms. The highest BCUT2D eigenvalue weighted by Crippen LogP contribution is 2.19. The van der Waals surface area contributed by atoms with E-state index in [1.807, 2.05) is 0 Å². The van der Waals surface area contributed by atoms with Crippen LogP contribution in [0.2, 0.25) is 5.02 Å². The summed E-state index contributed by atoms with van der Waals surface area (Å²) in [5, 5.41) is 16.4. The number of hydrogen-bond acceptors (Lipinski definition) is 3. The number of carbonyl (C=O) groups is 1. The first-order valence-corrected chi connectivity index (χ1v) is 6.23. The van der Waals surface area contributed by atoms with Gasteiger partial charge in [-0.2, -0.15) is 15.4 Å². The van der Waals surface area contributed by atoms with Crippen LogP contribution in [-0.2, 0) is 0 Å². The van der Waals surface area contributed by atoms with Crippen LogP contribution in [-0.4, -0.2) is 21.4 Å². The molecule has 0 atom stereocenters. The van der Waals surface area contributed by atoms with Crippen LogP contribution in [0.3, 0.4) is 0 Å². The number of aromatic nitrogens is 3. The van der Waals surface area contributed by atoms with E-state index in [0.29, 0.717) is 27.4 Å². The second-order valence-corrected chi connectivity index (χ2v) is 4.52. The number of benzene rings is 2. The second-order valence-electron chi connectivity index (χ2n) is 4.09. The third-order valence-electron chi connectivity index (χ3n) is 2.68. The van der Waals surface area contributed by atoms with Gasteiger partial charge >= 0.3 is 6.03 Å². The van der Waals surface area contributed by atoms with Crippen molar-refractivity contribution >= 4 is 40.0 Å². The van der Waals surface area contributed by atoms with Crippen molar-refractivity contribution in [2.24, 2.45) is 0 Å². The van der Waals surface area contributed by atoms with Gasteiger partial charge in [-0.1, -0.05) is 23.7 Å². The van der Waals surface area contributed by atoms with Crippen LogP contribution in [0, 0.1) is 0 Å². The summed E-state index contributed by atoms with van der Waals surface area (Å²) in [6.45, 7) is 0. The van der Waals surface area contributed by atoms with Crippen molar-refractivity contribution in [1.29, 1.82) is 0 Å². The molecule has 0 saturated carbocycles. The van der Waals surface area contributed by atoms with E-state index in [2.05, 4.69) is 26.0 Å². The fraction of sp³-hybridized carbons (Fsp3) is 0. The Kier molecular flexibility index (Phi) is 3.22. The largest absolute Gasteiger partial charge is 0.323 e. The van der Waals surface area contributed by atoms with E-state index in [1.165, 1.54) is 0 Å². The number of rotatable bonds is 2. The predicted molar refractivity (Wildman–Crippen MR) is 78.0 cm³/mol. The highest BCUT2D eigenvalue weighted by Gasteiger charge is 2.08. The summed E-state index contributed by atoms with van der Waals surface area (Å²) in [6, 6.07) is 11.9. The lowest BCUT2D eigenvalue weighted by molar-refractivity contribution is 0.262. The molecule has 2 amide bonds. The van der Waals surface area contributed by atoms with Crippen LogP contribution in [0.15, 0.2) is 42.5 Å². The van der Waals surface area contributed by atoms with Crippen molar-refractivity contribution < 1.29 is 4.79 Å². The minimum Gasteiger partial charge on any atom is -0.308 e. The molecule has 0 fully saturated rings. The quantitative estimate of drug-likeness (QED) is 0.676. The van der Waals surface area contributed by atoms with Gasteiger partial charge in [0.2, 0.25) is 0 Å². The molecule has 3 aromatic rings. The van der Waals surface area contributed by atoms with Crippen LogP contribution in [0.5, 0.6) is 0 Å². The Hall–Kier alpha value is -2.60. The lowest BCUT2D eigenvalue weighted by Crippen LogP contribution is -2.19. The van der Waals surface area contributed by atoms with Gasteiger partial charge in [0.05, 0.1) is 5.69 Å². The molecule has 1 aromatic heterocycles. The number of amides is 2. The molecular weight excluding hydrogens is 278 g/mol. The van der Waals surface area contributed by atoms with Crippen LogP contribution in [0.25, 0.3) is 11.0 Å². The van der Waals surface area contributed by atoms with Gasteiger partial charge in [0.1, 0.15) is 11.0 Å². The van der Waals surface area contributed by atoms with Gasteiger partial charge < -0.3 is 10.6 Å². The standard InChI is InChI=1S/C13H10ClN5O/c14-8-3-1-4-9(7-8)15-13(20)16-10-5-2-6-11-12(10)18-19-17-11/h1-7H,(H2,15,16,20)(H,17,18,19). The Bertz CT molecular complexity index is 770. The molecule has 0 saturated heterocycles. The lowest BCUT2D eigenvalue weighted by atomic mass is 10.2. The van der Waals surface area contributed by atoms with Gasteiger partial charge in [-0.15, -0.1) is 0 Å². The Morgan fingerprint density at radius 2 is 1.95 bits per heavy atom. The number of carbonyl (C=O) groups excluding carboxylic acids is 1. The number of fused-ring (bicyclic) bond motifs is 1. The van der Waals surface area contributed by atoms with Crippen molar-refractivity contribution in [3.05, 3.63) is 47.5 Å². The maximum Gasteiger partial charge on any atom is 0.323 e. The molecule has 3 rings (SSSR count). The molecule has 0 aliphatic rings. The Morgan fingerprint density at radius 1 is 1.10 bits per heavy atom. The van der Waals surface area contributed by atoms with Crippen molar-refractivity contribution in [2.75, 3.05) is 10.6 Å². The molecule has 0 aliphatic heterocycles. The average Bonchev–Trinajstić information content (AvgIpc) is 2.88. The Labute approximate surface area is 119 Å². The molecule has 6 nitrogen and oxygen atoms in total. The topological polar surface area (TPSA) is 82.7 Å². The van der Waals surface area contributed by atoms with E-state index in [-0.39, 0.29) is 6.03 Å². The number of aromatic amines is 1. The van der Waals surface area contributed by atoms with Crippen LogP contribution in [0.1, 0.15) is 0 Å². The highest BCUT2D eigenvalue weighted by molar-refractivity contribution is 6.30. The molecule has 20 heavy (non-hydrogen) atoms. The monoisotopic (exact) mass is 287 g/mol. The summed E-state index contributed by atoms with van der Waals surface area (Å²) in [7, 11) is 0. The maximum absolute atomic E-state index is 11.9. The molecular formula is C13H10ClN5O. The van der Waals surface area contributed by atoms with Crippen molar-refractivity contribution in [1.82, 2.24) is 15.4 Å². The molecule has 100 valence electrons. The van der Waals surface area contributed by atoms with E-state index < -0.39 is 0 Å². The second kappa shape index (κ2) is 5.18. The Balaban J connectivity index is 1.77. The van der Waals surface area contributed by atoms with Gasteiger partial charge in [0.25, 0.3) is 0 Å². The van der Waals surface area contributed by atoms with E-state index >= 15 is 0 Å². The fourth-order valence-corrected chi connectivity index (χ4v) is 2.01. The summed E-state index contributed by atoms with van der Waals surface area (Å²) in [5.41, 5.74) is 2.48.